The normalized spacial score (nSPS) is 12.6. The van der Waals surface area contributed by atoms with Crippen LogP contribution in [0.15, 0.2) is 29.6 Å². The molecule has 3 nitrogen and oxygen atoms in total. The van der Waals surface area contributed by atoms with Gasteiger partial charge in [0.25, 0.3) is 0 Å². The van der Waals surface area contributed by atoms with E-state index in [-0.39, 0.29) is 11.9 Å². The number of hydrogen-bond donors (Lipinski definition) is 2. The molecular formula is C13H16N2OS. The van der Waals surface area contributed by atoms with Gasteiger partial charge in [0, 0.05) is 23.7 Å². The van der Waals surface area contributed by atoms with Crippen LogP contribution in [0.1, 0.15) is 18.9 Å². The quantitative estimate of drug-likeness (QED) is 0.872. The Morgan fingerprint density at radius 2 is 2.24 bits per heavy atom. The van der Waals surface area contributed by atoms with Crippen molar-refractivity contribution in [3.8, 4) is 0 Å². The molecule has 0 saturated carbocycles. The van der Waals surface area contributed by atoms with E-state index in [1.54, 1.807) is 11.3 Å². The third-order valence-corrected chi connectivity index (χ3v) is 3.56. The Hall–Kier alpha value is -1.39. The summed E-state index contributed by atoms with van der Waals surface area (Å²) in [5.74, 6) is 0.00952. The van der Waals surface area contributed by atoms with Gasteiger partial charge in [0.2, 0.25) is 5.91 Å². The number of carbonyl (C=O) groups is 1. The number of nitrogens with two attached hydrogens (primary N) is 1. The molecule has 1 unspecified atom stereocenters. The van der Waals surface area contributed by atoms with Crippen LogP contribution >= 0.6 is 11.3 Å². The van der Waals surface area contributed by atoms with Crippen LogP contribution in [0.4, 0.5) is 0 Å². The van der Waals surface area contributed by atoms with E-state index >= 15 is 0 Å². The minimum absolute atomic E-state index is 0.00952. The number of benzene rings is 1. The fraction of sp³-hybridized carbons (Fsp3) is 0.308. The maximum Gasteiger partial charge on any atom is 0.221 e. The minimum atomic E-state index is -0.0887. The summed E-state index contributed by atoms with van der Waals surface area (Å²) in [7, 11) is 0. The molecule has 0 aliphatic carbocycles. The van der Waals surface area contributed by atoms with Crippen molar-refractivity contribution in [1.29, 1.82) is 0 Å². The van der Waals surface area contributed by atoms with Crippen LogP contribution in [-0.4, -0.2) is 11.9 Å². The monoisotopic (exact) mass is 248 g/mol. The molecule has 0 aliphatic heterocycles. The van der Waals surface area contributed by atoms with Crippen LogP contribution in [0.2, 0.25) is 0 Å². The molecule has 0 bridgehead atoms. The molecule has 3 N–H and O–H groups in total. The van der Waals surface area contributed by atoms with E-state index in [4.69, 9.17) is 5.73 Å². The van der Waals surface area contributed by atoms with Crippen molar-refractivity contribution < 1.29 is 4.79 Å². The van der Waals surface area contributed by atoms with Crippen molar-refractivity contribution in [2.45, 2.75) is 25.9 Å². The summed E-state index contributed by atoms with van der Waals surface area (Å²) in [5.41, 5.74) is 6.74. The van der Waals surface area contributed by atoms with Crippen LogP contribution in [0.5, 0.6) is 0 Å². The molecule has 4 heteroatoms. The van der Waals surface area contributed by atoms with Crippen molar-refractivity contribution in [2.75, 3.05) is 0 Å². The van der Waals surface area contributed by atoms with Crippen LogP contribution in [-0.2, 0) is 11.3 Å². The molecule has 0 spiro atoms. The van der Waals surface area contributed by atoms with Gasteiger partial charge in [-0.05, 0) is 29.3 Å². The van der Waals surface area contributed by atoms with E-state index in [0.717, 1.165) is 0 Å². The summed E-state index contributed by atoms with van der Waals surface area (Å²) >= 11 is 1.70. The van der Waals surface area contributed by atoms with E-state index in [1.807, 2.05) is 19.1 Å². The lowest BCUT2D eigenvalue weighted by Crippen LogP contribution is -2.29. The molecule has 1 heterocycles. The van der Waals surface area contributed by atoms with Crippen LogP contribution in [0.25, 0.3) is 10.1 Å². The van der Waals surface area contributed by atoms with Crippen molar-refractivity contribution in [3.63, 3.8) is 0 Å². The second kappa shape index (κ2) is 5.29. The van der Waals surface area contributed by atoms with Crippen molar-refractivity contribution in [1.82, 2.24) is 5.32 Å². The fourth-order valence-electron chi connectivity index (χ4n) is 1.73. The number of rotatable bonds is 4. The topological polar surface area (TPSA) is 55.1 Å². The highest BCUT2D eigenvalue weighted by Crippen LogP contribution is 2.25. The summed E-state index contributed by atoms with van der Waals surface area (Å²) in [6.07, 6.45) is 0.377. The largest absolute Gasteiger partial charge is 0.352 e. The molecule has 0 aliphatic rings. The summed E-state index contributed by atoms with van der Waals surface area (Å²) < 4.78 is 1.25. The fourth-order valence-corrected chi connectivity index (χ4v) is 2.69. The summed E-state index contributed by atoms with van der Waals surface area (Å²) in [6.45, 7) is 2.41. The van der Waals surface area contributed by atoms with Gasteiger partial charge in [0.05, 0.1) is 0 Å². The molecule has 17 heavy (non-hydrogen) atoms. The first-order valence-electron chi connectivity index (χ1n) is 5.64. The van der Waals surface area contributed by atoms with Crippen LogP contribution < -0.4 is 11.1 Å². The van der Waals surface area contributed by atoms with E-state index in [9.17, 15) is 4.79 Å². The molecule has 1 aromatic heterocycles. The van der Waals surface area contributed by atoms with Gasteiger partial charge in [-0.15, -0.1) is 11.3 Å². The number of hydrogen-bond acceptors (Lipinski definition) is 3. The molecule has 0 radical (unpaired) electrons. The number of fused-ring (bicyclic) bond motifs is 1. The first-order chi connectivity index (χ1) is 8.16. The maximum absolute atomic E-state index is 11.5. The molecular weight excluding hydrogens is 232 g/mol. The Balaban J connectivity index is 2.02. The van der Waals surface area contributed by atoms with Crippen LogP contribution in [0.3, 0.4) is 0 Å². The Bertz CT molecular complexity index is 519. The molecule has 1 aromatic carbocycles. The predicted octanol–water partition coefficient (Wildman–Crippen LogP) is 2.25. The van der Waals surface area contributed by atoms with Crippen molar-refractivity contribution in [2.24, 2.45) is 5.73 Å². The van der Waals surface area contributed by atoms with Gasteiger partial charge in [-0.25, -0.2) is 0 Å². The Labute approximate surface area is 105 Å². The molecule has 0 fully saturated rings. The van der Waals surface area contributed by atoms with Gasteiger partial charge in [-0.2, -0.15) is 0 Å². The molecule has 90 valence electrons. The first kappa shape index (κ1) is 12.1. The van der Waals surface area contributed by atoms with Gasteiger partial charge >= 0.3 is 0 Å². The number of nitrogens with one attached hydrogen (secondary N) is 1. The van der Waals surface area contributed by atoms with E-state index in [0.29, 0.717) is 13.0 Å². The predicted molar refractivity (Wildman–Crippen MR) is 71.9 cm³/mol. The van der Waals surface area contributed by atoms with E-state index in [1.165, 1.54) is 15.6 Å². The zero-order valence-corrected chi connectivity index (χ0v) is 10.6. The lowest BCUT2D eigenvalue weighted by molar-refractivity contribution is -0.121. The van der Waals surface area contributed by atoms with Gasteiger partial charge < -0.3 is 11.1 Å². The average Bonchev–Trinajstić information content (AvgIpc) is 2.69. The number of carbonyl (C=O) groups excluding carboxylic acids is 1. The Morgan fingerprint density at radius 1 is 1.47 bits per heavy atom. The molecule has 1 amide bonds. The standard InChI is InChI=1S/C13H16N2OS/c1-9(14)6-13(16)15-7-10-8-17-12-5-3-2-4-11(10)12/h2-5,8-9H,6-7,14H2,1H3,(H,15,16). The second-order valence-electron chi connectivity index (χ2n) is 4.22. The van der Waals surface area contributed by atoms with Gasteiger partial charge in [0.1, 0.15) is 0 Å². The van der Waals surface area contributed by atoms with Gasteiger partial charge in [0.15, 0.2) is 0 Å². The molecule has 2 aromatic rings. The van der Waals surface area contributed by atoms with Gasteiger partial charge in [-0.1, -0.05) is 18.2 Å². The van der Waals surface area contributed by atoms with E-state index < -0.39 is 0 Å². The lowest BCUT2D eigenvalue weighted by atomic mass is 10.2. The smallest absolute Gasteiger partial charge is 0.221 e. The Morgan fingerprint density at radius 3 is 3.00 bits per heavy atom. The Kier molecular flexibility index (Phi) is 3.76. The van der Waals surface area contributed by atoms with Crippen molar-refractivity contribution in [3.05, 3.63) is 35.2 Å². The summed E-state index contributed by atoms with van der Waals surface area (Å²) in [6, 6.07) is 8.13. The molecule has 2 rings (SSSR count). The maximum atomic E-state index is 11.5. The third kappa shape index (κ3) is 3.05. The van der Waals surface area contributed by atoms with Crippen molar-refractivity contribution >= 4 is 27.3 Å². The zero-order chi connectivity index (χ0) is 12.3. The first-order valence-corrected chi connectivity index (χ1v) is 6.52. The van der Waals surface area contributed by atoms with E-state index in [2.05, 4.69) is 22.8 Å². The molecule has 0 saturated heterocycles. The lowest BCUT2D eigenvalue weighted by Gasteiger charge is -2.06. The minimum Gasteiger partial charge on any atom is -0.352 e. The number of amides is 1. The van der Waals surface area contributed by atoms with Crippen LogP contribution in [0, 0.1) is 0 Å². The third-order valence-electron chi connectivity index (χ3n) is 2.54. The second-order valence-corrected chi connectivity index (χ2v) is 5.13. The van der Waals surface area contributed by atoms with Gasteiger partial charge in [-0.3, -0.25) is 4.79 Å². The zero-order valence-electron chi connectivity index (χ0n) is 9.77. The molecule has 1 atom stereocenters. The summed E-state index contributed by atoms with van der Waals surface area (Å²) in [5, 5.41) is 6.21. The SMILES string of the molecule is CC(N)CC(=O)NCc1csc2ccccc12. The highest BCUT2D eigenvalue weighted by Gasteiger charge is 2.07. The summed E-state index contributed by atoms with van der Waals surface area (Å²) in [4.78, 5) is 11.5. The number of thiophene rings is 1. The average molecular weight is 248 g/mol. The highest BCUT2D eigenvalue weighted by atomic mass is 32.1. The highest BCUT2D eigenvalue weighted by molar-refractivity contribution is 7.17.